The smallest absolute Gasteiger partial charge is 0.307 e. The summed E-state index contributed by atoms with van der Waals surface area (Å²) in [6, 6.07) is 21.4. The Kier molecular flexibility index (Phi) is 7.68. The molecule has 0 amide bonds. The van der Waals surface area contributed by atoms with Crippen molar-refractivity contribution in [1.82, 2.24) is 9.80 Å². The van der Waals surface area contributed by atoms with E-state index in [1.54, 1.807) is 0 Å². The van der Waals surface area contributed by atoms with Gasteiger partial charge in [-0.05, 0) is 36.2 Å². The van der Waals surface area contributed by atoms with Gasteiger partial charge in [-0.2, -0.15) is 0 Å². The average molecular weight is 379 g/mol. The molecule has 0 atom stereocenters. The molecule has 1 fully saturated rings. The summed E-state index contributed by atoms with van der Waals surface area (Å²) in [5.74, 6) is -0.153. The molecular formula is C24H30N2O2. The number of hydrogen-bond acceptors (Lipinski definition) is 4. The molecule has 28 heavy (non-hydrogen) atoms. The zero-order valence-electron chi connectivity index (χ0n) is 16.7. The first-order chi connectivity index (χ1) is 13.7. The Balaban J connectivity index is 1.58. The Hall–Kier alpha value is -2.59. The maximum Gasteiger partial charge on any atom is 0.307 e. The summed E-state index contributed by atoms with van der Waals surface area (Å²) in [6.07, 6.45) is 6.91. The van der Waals surface area contributed by atoms with Gasteiger partial charge in [0.1, 0.15) is 0 Å². The van der Waals surface area contributed by atoms with Crippen LogP contribution in [0.2, 0.25) is 0 Å². The van der Waals surface area contributed by atoms with Gasteiger partial charge in [-0.3, -0.25) is 9.69 Å². The third-order valence-electron chi connectivity index (χ3n) is 5.33. The normalized spacial score (nSPS) is 15.6. The minimum absolute atomic E-state index is 0.153. The lowest BCUT2D eigenvalue weighted by Crippen LogP contribution is -2.43. The number of benzene rings is 2. The highest BCUT2D eigenvalue weighted by Gasteiger charge is 2.23. The van der Waals surface area contributed by atoms with Crippen molar-refractivity contribution in [2.75, 3.05) is 26.7 Å². The first-order valence-electron chi connectivity index (χ1n) is 10.1. The summed E-state index contributed by atoms with van der Waals surface area (Å²) in [4.78, 5) is 16.5. The number of rotatable bonds is 8. The molecule has 0 saturated carbocycles. The van der Waals surface area contributed by atoms with Crippen LogP contribution in [0.15, 0.2) is 66.9 Å². The lowest BCUT2D eigenvalue weighted by molar-refractivity contribution is -0.140. The Morgan fingerprint density at radius 3 is 2.36 bits per heavy atom. The van der Waals surface area contributed by atoms with Gasteiger partial charge in [-0.15, -0.1) is 0 Å². The maximum absolute atomic E-state index is 11.6. The molecule has 2 aromatic rings. The van der Waals surface area contributed by atoms with Crippen molar-refractivity contribution in [1.29, 1.82) is 0 Å². The quantitative estimate of drug-likeness (QED) is 0.645. The predicted octanol–water partition coefficient (Wildman–Crippen LogP) is 4.19. The number of methoxy groups -OCH3 is 1. The summed E-state index contributed by atoms with van der Waals surface area (Å²) in [6.45, 7) is 3.86. The van der Waals surface area contributed by atoms with Gasteiger partial charge >= 0.3 is 5.97 Å². The Bertz CT molecular complexity index is 738. The topological polar surface area (TPSA) is 32.8 Å². The standard InChI is InChI=1S/C24H30N2O2/c1-28-24(27)15-19-26(18-12-21-8-4-2-5-9-21)23-13-16-25(17-14-23)20-22-10-6-3-7-11-22/h2-12,18,23H,13-17,19-20H2,1H3. The van der Waals surface area contributed by atoms with E-state index in [2.05, 4.69) is 64.5 Å². The van der Waals surface area contributed by atoms with Crippen LogP contribution < -0.4 is 0 Å². The lowest BCUT2D eigenvalue weighted by Gasteiger charge is -2.38. The average Bonchev–Trinajstić information content (AvgIpc) is 2.76. The van der Waals surface area contributed by atoms with Crippen LogP contribution in [-0.4, -0.2) is 48.6 Å². The number of carbonyl (C=O) groups is 1. The molecule has 0 N–H and O–H groups in total. The van der Waals surface area contributed by atoms with Crippen LogP contribution in [0.25, 0.3) is 6.08 Å². The van der Waals surface area contributed by atoms with E-state index in [1.807, 2.05) is 18.2 Å². The van der Waals surface area contributed by atoms with Crippen molar-refractivity contribution in [2.24, 2.45) is 0 Å². The summed E-state index contributed by atoms with van der Waals surface area (Å²) >= 11 is 0. The Morgan fingerprint density at radius 1 is 1.07 bits per heavy atom. The van der Waals surface area contributed by atoms with Crippen molar-refractivity contribution in [3.05, 3.63) is 78.0 Å². The summed E-state index contributed by atoms with van der Waals surface area (Å²) in [7, 11) is 1.45. The molecule has 2 aromatic carbocycles. The molecule has 0 spiro atoms. The molecule has 1 heterocycles. The fourth-order valence-corrected chi connectivity index (χ4v) is 3.70. The van der Waals surface area contributed by atoms with Crippen LogP contribution in [-0.2, 0) is 16.1 Å². The van der Waals surface area contributed by atoms with Gasteiger partial charge in [-0.1, -0.05) is 60.7 Å². The Morgan fingerprint density at radius 2 is 1.71 bits per heavy atom. The molecule has 0 aromatic heterocycles. The number of nitrogens with zero attached hydrogens (tertiary/aromatic N) is 2. The van der Waals surface area contributed by atoms with Crippen LogP contribution in [0.5, 0.6) is 0 Å². The number of esters is 1. The molecule has 148 valence electrons. The summed E-state index contributed by atoms with van der Waals surface area (Å²) in [5.41, 5.74) is 2.54. The molecule has 1 saturated heterocycles. The van der Waals surface area contributed by atoms with Crippen LogP contribution in [0.4, 0.5) is 0 Å². The molecule has 0 bridgehead atoms. The van der Waals surface area contributed by atoms with Crippen LogP contribution in [0.3, 0.4) is 0 Å². The Labute approximate surface area is 168 Å². The number of carbonyl (C=O) groups excluding carboxylic acids is 1. The summed E-state index contributed by atoms with van der Waals surface area (Å²) < 4.78 is 4.84. The number of piperidine rings is 1. The zero-order valence-corrected chi connectivity index (χ0v) is 16.7. The van der Waals surface area contributed by atoms with Gasteiger partial charge in [0.2, 0.25) is 0 Å². The van der Waals surface area contributed by atoms with Gasteiger partial charge in [-0.25, -0.2) is 0 Å². The monoisotopic (exact) mass is 378 g/mol. The molecule has 4 nitrogen and oxygen atoms in total. The van der Waals surface area contributed by atoms with Crippen molar-refractivity contribution in [3.63, 3.8) is 0 Å². The molecule has 0 unspecified atom stereocenters. The highest BCUT2D eigenvalue weighted by Crippen LogP contribution is 2.20. The zero-order chi connectivity index (χ0) is 19.6. The van der Waals surface area contributed by atoms with E-state index in [-0.39, 0.29) is 5.97 Å². The van der Waals surface area contributed by atoms with Crippen molar-refractivity contribution in [2.45, 2.75) is 31.8 Å². The van der Waals surface area contributed by atoms with Gasteiger partial charge < -0.3 is 9.64 Å². The molecule has 1 aliphatic rings. The number of hydrogen-bond donors (Lipinski definition) is 0. The number of likely N-dealkylation sites (tertiary alicyclic amines) is 1. The first kappa shape index (κ1) is 20.2. The van der Waals surface area contributed by atoms with E-state index >= 15 is 0 Å². The molecule has 1 aliphatic heterocycles. The van der Waals surface area contributed by atoms with Crippen LogP contribution in [0, 0.1) is 0 Å². The van der Waals surface area contributed by atoms with Gasteiger partial charge in [0, 0.05) is 32.2 Å². The first-order valence-corrected chi connectivity index (χ1v) is 10.1. The fraction of sp³-hybridized carbons (Fsp3) is 0.375. The number of ether oxygens (including phenoxy) is 1. The van der Waals surface area contributed by atoms with Crippen LogP contribution in [0.1, 0.15) is 30.4 Å². The van der Waals surface area contributed by atoms with E-state index in [4.69, 9.17) is 4.74 Å². The molecule has 0 aliphatic carbocycles. The molecule has 0 radical (unpaired) electrons. The third-order valence-corrected chi connectivity index (χ3v) is 5.33. The molecule has 4 heteroatoms. The van der Waals surface area contributed by atoms with Crippen LogP contribution >= 0.6 is 0 Å². The van der Waals surface area contributed by atoms with Gasteiger partial charge in [0.15, 0.2) is 0 Å². The summed E-state index contributed by atoms with van der Waals surface area (Å²) in [5, 5.41) is 0. The van der Waals surface area contributed by atoms with Crippen molar-refractivity contribution < 1.29 is 9.53 Å². The van der Waals surface area contributed by atoms with E-state index in [0.29, 0.717) is 19.0 Å². The fourth-order valence-electron chi connectivity index (χ4n) is 3.70. The second-order valence-electron chi connectivity index (χ2n) is 7.28. The van der Waals surface area contributed by atoms with Crippen molar-refractivity contribution >= 4 is 12.0 Å². The van der Waals surface area contributed by atoms with E-state index < -0.39 is 0 Å². The highest BCUT2D eigenvalue weighted by atomic mass is 16.5. The molecule has 3 rings (SSSR count). The second kappa shape index (κ2) is 10.7. The van der Waals surface area contributed by atoms with Gasteiger partial charge in [0.25, 0.3) is 0 Å². The maximum atomic E-state index is 11.6. The second-order valence-corrected chi connectivity index (χ2v) is 7.28. The third kappa shape index (κ3) is 6.24. The highest BCUT2D eigenvalue weighted by molar-refractivity contribution is 5.69. The van der Waals surface area contributed by atoms with Crippen molar-refractivity contribution in [3.8, 4) is 0 Å². The SMILES string of the molecule is COC(=O)CCN(C=Cc1ccccc1)C1CCN(Cc2ccccc2)CC1. The van der Waals surface area contributed by atoms with E-state index in [9.17, 15) is 4.79 Å². The van der Waals surface area contributed by atoms with E-state index in [1.165, 1.54) is 18.2 Å². The molecular weight excluding hydrogens is 348 g/mol. The minimum atomic E-state index is -0.153. The minimum Gasteiger partial charge on any atom is -0.469 e. The lowest BCUT2D eigenvalue weighted by atomic mass is 10.0. The van der Waals surface area contributed by atoms with Gasteiger partial charge in [0.05, 0.1) is 13.5 Å². The van der Waals surface area contributed by atoms with E-state index in [0.717, 1.165) is 32.5 Å². The predicted molar refractivity (Wildman–Crippen MR) is 114 cm³/mol. The largest absolute Gasteiger partial charge is 0.469 e.